The molecule has 2 aromatic carbocycles. The number of aromatic nitrogens is 3. The molecule has 0 radical (unpaired) electrons. The average molecular weight is 575 g/mol. The van der Waals surface area contributed by atoms with E-state index in [0.29, 0.717) is 54.3 Å². The van der Waals surface area contributed by atoms with Gasteiger partial charge in [0.1, 0.15) is 11.6 Å². The van der Waals surface area contributed by atoms with Crippen molar-refractivity contribution < 1.29 is 24.2 Å². The van der Waals surface area contributed by atoms with Gasteiger partial charge in [-0.2, -0.15) is 0 Å². The number of aldehydes is 1. The molecule has 0 atom stereocenters. The number of carbonyl (C=O) groups is 2. The predicted molar refractivity (Wildman–Crippen MR) is 155 cm³/mol. The van der Waals surface area contributed by atoms with Gasteiger partial charge >= 0.3 is 11.8 Å². The molecule has 0 saturated heterocycles. The van der Waals surface area contributed by atoms with Crippen LogP contribution in [0.15, 0.2) is 64.3 Å². The summed E-state index contributed by atoms with van der Waals surface area (Å²) in [5.41, 5.74) is -0.347. The van der Waals surface area contributed by atoms with Crippen LogP contribution in [0.2, 0.25) is 0 Å². The quantitative estimate of drug-likeness (QED) is 0.316. The van der Waals surface area contributed by atoms with Crippen LogP contribution in [-0.2, 0) is 0 Å². The molecule has 0 aliphatic heterocycles. The minimum Gasteiger partial charge on any atom is -0.508 e. The first-order chi connectivity index (χ1) is 19.9. The van der Waals surface area contributed by atoms with Crippen LogP contribution in [0.25, 0.3) is 27.8 Å². The fourth-order valence-corrected chi connectivity index (χ4v) is 6.01. The third-order valence-electron chi connectivity index (χ3n) is 7.80. The first kappa shape index (κ1) is 28.7. The number of rotatable bonds is 5. The van der Waals surface area contributed by atoms with Gasteiger partial charge in [-0.05, 0) is 94.0 Å². The number of aromatic hydroxyl groups is 1. The number of halogens is 1. The summed E-state index contributed by atoms with van der Waals surface area (Å²) in [6.07, 6.45) is 2.21. The zero-order valence-electron chi connectivity index (χ0n) is 23.5. The summed E-state index contributed by atoms with van der Waals surface area (Å²) < 4.78 is 16.7. The lowest BCUT2D eigenvalue weighted by molar-refractivity contribution is 0.0506. The Hall–Kier alpha value is -4.80. The number of hydrogen-bond acceptors (Lipinski definition) is 6. The summed E-state index contributed by atoms with van der Waals surface area (Å²) in [5, 5.41) is 19.8. The van der Waals surface area contributed by atoms with Crippen molar-refractivity contribution >= 4 is 23.4 Å². The van der Waals surface area contributed by atoms with Crippen LogP contribution in [0, 0.1) is 5.82 Å². The summed E-state index contributed by atoms with van der Waals surface area (Å²) in [5.74, 6) is -0.774. The van der Waals surface area contributed by atoms with E-state index in [0.717, 1.165) is 16.8 Å². The van der Waals surface area contributed by atoms with Gasteiger partial charge in [-0.25, -0.2) is 23.5 Å². The number of fused-ring (bicyclic) bond motifs is 1. The summed E-state index contributed by atoms with van der Waals surface area (Å²) in [7, 11) is 0. The maximum absolute atomic E-state index is 14.3. The number of pyridine rings is 1. The van der Waals surface area contributed by atoms with E-state index in [1.807, 2.05) is 20.8 Å². The highest BCUT2D eigenvalue weighted by Gasteiger charge is 2.37. The van der Waals surface area contributed by atoms with Gasteiger partial charge in [0.05, 0.1) is 17.3 Å². The van der Waals surface area contributed by atoms with Gasteiger partial charge in [-0.1, -0.05) is 12.1 Å². The Balaban J connectivity index is 1.64. The number of phenols is 1. The monoisotopic (exact) mass is 574 g/mol. The van der Waals surface area contributed by atoms with E-state index < -0.39 is 34.7 Å². The van der Waals surface area contributed by atoms with E-state index in [9.17, 15) is 33.8 Å². The number of hydrogen-bond donors (Lipinski definition) is 2. The SMILES string of the molecule is CC(C)(C)N(C(=O)O)[C@H]1CC[C@@H](n2c(=O)c3cc(F)cnc3n(-c3cccc(-c4cc(O)ccc4C=O)c3)c2=O)CC1. The minimum atomic E-state index is -1.03. The molecule has 1 fully saturated rings. The van der Waals surface area contributed by atoms with Gasteiger partial charge in [0.25, 0.3) is 5.56 Å². The van der Waals surface area contributed by atoms with Crippen molar-refractivity contribution in [2.45, 2.75) is 64.1 Å². The molecular weight excluding hydrogens is 543 g/mol. The topological polar surface area (TPSA) is 135 Å². The van der Waals surface area contributed by atoms with Crippen molar-refractivity contribution in [3.05, 3.63) is 86.9 Å². The summed E-state index contributed by atoms with van der Waals surface area (Å²) in [6, 6.07) is 11.2. The molecule has 0 bridgehead atoms. The molecule has 2 heterocycles. The van der Waals surface area contributed by atoms with E-state index >= 15 is 0 Å². The lowest BCUT2D eigenvalue weighted by Gasteiger charge is -2.42. The van der Waals surface area contributed by atoms with Crippen LogP contribution in [0.1, 0.15) is 62.9 Å². The Labute approximate surface area is 240 Å². The second-order valence-corrected chi connectivity index (χ2v) is 11.5. The average Bonchev–Trinajstić information content (AvgIpc) is 2.93. The number of phenolic OH excluding ortho intramolecular Hbond substituents is 1. The number of nitrogens with zero attached hydrogens (tertiary/aromatic N) is 4. The molecule has 1 saturated carbocycles. The summed E-state index contributed by atoms with van der Waals surface area (Å²) in [4.78, 5) is 57.0. The van der Waals surface area contributed by atoms with E-state index in [1.54, 1.807) is 24.3 Å². The van der Waals surface area contributed by atoms with Gasteiger partial charge in [0.15, 0.2) is 11.9 Å². The maximum Gasteiger partial charge on any atom is 0.407 e. The van der Waals surface area contributed by atoms with E-state index in [1.165, 1.54) is 27.7 Å². The van der Waals surface area contributed by atoms with E-state index in [4.69, 9.17) is 0 Å². The third kappa shape index (κ3) is 5.17. The second kappa shape index (κ2) is 10.9. The fourth-order valence-electron chi connectivity index (χ4n) is 6.01. The zero-order chi connectivity index (χ0) is 30.3. The summed E-state index contributed by atoms with van der Waals surface area (Å²) in [6.45, 7) is 5.47. The Morgan fingerprint density at radius 1 is 1.07 bits per heavy atom. The molecule has 0 spiro atoms. The Morgan fingerprint density at radius 2 is 1.79 bits per heavy atom. The Kier molecular flexibility index (Phi) is 7.44. The first-order valence-corrected chi connectivity index (χ1v) is 13.6. The van der Waals surface area contributed by atoms with Gasteiger partial charge in [-0.15, -0.1) is 0 Å². The van der Waals surface area contributed by atoms with Crippen LogP contribution in [0.4, 0.5) is 9.18 Å². The van der Waals surface area contributed by atoms with Crippen molar-refractivity contribution in [1.82, 2.24) is 19.0 Å². The van der Waals surface area contributed by atoms with Gasteiger partial charge in [-0.3, -0.25) is 14.2 Å². The molecule has 2 N–H and O–H groups in total. The van der Waals surface area contributed by atoms with Gasteiger partial charge in [0, 0.05) is 23.2 Å². The lowest BCUT2D eigenvalue weighted by atomic mass is 9.88. The molecule has 11 heteroatoms. The number of amides is 1. The van der Waals surface area contributed by atoms with Crippen molar-refractivity contribution in [2.24, 2.45) is 0 Å². The molecule has 4 aromatic rings. The number of carbonyl (C=O) groups excluding carboxylic acids is 1. The molecule has 218 valence electrons. The smallest absolute Gasteiger partial charge is 0.407 e. The highest BCUT2D eigenvalue weighted by atomic mass is 19.1. The predicted octanol–water partition coefficient (Wildman–Crippen LogP) is 5.13. The lowest BCUT2D eigenvalue weighted by Crippen LogP contribution is -2.53. The standard InChI is InChI=1S/C31H31FN4O6/c1-31(2,3)36(30(41)42)22-10-8-21(9-11-22)35-28(39)26-14-20(32)16-33-27(26)34(29(35)40)23-6-4-5-18(13-23)25-15-24(38)12-7-19(25)17-37/h4-7,12-17,21-22,38H,8-11H2,1-3H3,(H,41,42)/t21-,22+. The molecule has 0 unspecified atom stereocenters. The van der Waals surface area contributed by atoms with Crippen LogP contribution in [0.3, 0.4) is 0 Å². The largest absolute Gasteiger partial charge is 0.508 e. The van der Waals surface area contributed by atoms with Crippen LogP contribution >= 0.6 is 0 Å². The molecule has 1 aliphatic carbocycles. The second-order valence-electron chi connectivity index (χ2n) is 11.5. The van der Waals surface area contributed by atoms with Crippen LogP contribution in [-0.4, -0.2) is 53.2 Å². The van der Waals surface area contributed by atoms with Gasteiger partial charge < -0.3 is 15.1 Å². The maximum atomic E-state index is 14.3. The zero-order valence-corrected chi connectivity index (χ0v) is 23.5. The number of carboxylic acid groups (broad SMARTS) is 1. The molecule has 1 amide bonds. The first-order valence-electron chi connectivity index (χ1n) is 13.6. The van der Waals surface area contributed by atoms with Crippen LogP contribution in [0.5, 0.6) is 5.75 Å². The third-order valence-corrected chi connectivity index (χ3v) is 7.80. The highest BCUT2D eigenvalue weighted by Crippen LogP contribution is 2.34. The minimum absolute atomic E-state index is 0.0233. The Morgan fingerprint density at radius 3 is 2.43 bits per heavy atom. The number of benzene rings is 2. The van der Waals surface area contributed by atoms with Crippen molar-refractivity contribution in [2.75, 3.05) is 0 Å². The van der Waals surface area contributed by atoms with Crippen molar-refractivity contribution in [1.29, 1.82) is 0 Å². The fraction of sp³-hybridized carbons (Fsp3) is 0.323. The molecule has 10 nitrogen and oxygen atoms in total. The molecule has 42 heavy (non-hydrogen) atoms. The van der Waals surface area contributed by atoms with Crippen molar-refractivity contribution in [3.63, 3.8) is 0 Å². The van der Waals surface area contributed by atoms with Crippen molar-refractivity contribution in [3.8, 4) is 22.6 Å². The molecule has 2 aromatic heterocycles. The van der Waals surface area contributed by atoms with E-state index in [-0.39, 0.29) is 22.8 Å². The normalized spacial score (nSPS) is 17.2. The molecule has 1 aliphatic rings. The van der Waals surface area contributed by atoms with Crippen LogP contribution < -0.4 is 11.2 Å². The Bertz CT molecular complexity index is 1820. The molecule has 5 rings (SSSR count). The van der Waals surface area contributed by atoms with Gasteiger partial charge in [0.2, 0.25) is 0 Å². The van der Waals surface area contributed by atoms with E-state index in [2.05, 4.69) is 4.98 Å². The highest BCUT2D eigenvalue weighted by molar-refractivity contribution is 5.88. The molecular formula is C31H31FN4O6. The summed E-state index contributed by atoms with van der Waals surface area (Å²) >= 11 is 0.